The highest BCUT2D eigenvalue weighted by molar-refractivity contribution is 7.99. The molecule has 16 heavy (non-hydrogen) atoms. The van der Waals surface area contributed by atoms with Gasteiger partial charge in [-0.05, 0) is 43.8 Å². The number of nitrogens with one attached hydrogen (secondary N) is 1. The van der Waals surface area contributed by atoms with Gasteiger partial charge < -0.3 is 5.32 Å². The number of hydrogen-bond donors (Lipinski definition) is 1. The Morgan fingerprint density at radius 3 is 2.25 bits per heavy atom. The molecule has 0 saturated heterocycles. The van der Waals surface area contributed by atoms with E-state index in [9.17, 15) is 0 Å². The van der Waals surface area contributed by atoms with E-state index < -0.39 is 0 Å². The fourth-order valence-electron chi connectivity index (χ4n) is 3.05. The average molecular weight is 241 g/mol. The fourth-order valence-corrected chi connectivity index (χ4v) is 3.32. The molecule has 0 radical (unpaired) electrons. The van der Waals surface area contributed by atoms with Crippen molar-refractivity contribution in [2.75, 3.05) is 12.8 Å². The molecule has 2 aliphatic rings. The van der Waals surface area contributed by atoms with Crippen LogP contribution in [0.15, 0.2) is 0 Å². The molecule has 2 fully saturated rings. The molecule has 2 aliphatic carbocycles. The summed E-state index contributed by atoms with van der Waals surface area (Å²) < 4.78 is 0. The van der Waals surface area contributed by atoms with Crippen LogP contribution in [0, 0.1) is 11.8 Å². The topological polar surface area (TPSA) is 12.0 Å². The van der Waals surface area contributed by atoms with Gasteiger partial charge in [0.25, 0.3) is 0 Å². The molecule has 0 aromatic heterocycles. The lowest BCUT2D eigenvalue weighted by Gasteiger charge is -2.32. The second-order valence-corrected chi connectivity index (χ2v) is 6.99. The molecular weight excluding hydrogens is 214 g/mol. The smallest absolute Gasteiger partial charge is 0.0141 e. The van der Waals surface area contributed by atoms with Crippen molar-refractivity contribution in [2.24, 2.45) is 11.8 Å². The molecular formula is C14H27NS. The Hall–Kier alpha value is 0.310. The molecule has 0 aliphatic heterocycles. The quantitative estimate of drug-likeness (QED) is 0.761. The summed E-state index contributed by atoms with van der Waals surface area (Å²) in [5, 5.41) is 4.65. The van der Waals surface area contributed by atoms with Crippen molar-refractivity contribution in [1.29, 1.82) is 0 Å². The predicted octanol–water partition coefficient (Wildman–Crippen LogP) is 3.69. The molecule has 2 unspecified atom stereocenters. The summed E-state index contributed by atoms with van der Waals surface area (Å²) in [6.07, 6.45) is 12.6. The maximum Gasteiger partial charge on any atom is 0.0141 e. The van der Waals surface area contributed by atoms with Crippen LogP contribution in [-0.4, -0.2) is 24.1 Å². The standard InChI is InChI=1S/C14H27NS/c1-11(16-2)10-15-14(13-8-9-13)12-6-4-3-5-7-12/h11-15H,3-10H2,1-2H3. The van der Waals surface area contributed by atoms with E-state index in [0.717, 1.165) is 23.1 Å². The van der Waals surface area contributed by atoms with Crippen LogP contribution in [0.5, 0.6) is 0 Å². The Morgan fingerprint density at radius 2 is 1.69 bits per heavy atom. The first kappa shape index (κ1) is 12.8. The van der Waals surface area contributed by atoms with Crippen molar-refractivity contribution < 1.29 is 0 Å². The SMILES string of the molecule is CSC(C)CNC(C1CCCCC1)C1CC1. The maximum absolute atomic E-state index is 3.88. The molecule has 0 bridgehead atoms. The summed E-state index contributed by atoms with van der Waals surface area (Å²) in [6, 6.07) is 0.856. The van der Waals surface area contributed by atoms with E-state index in [1.165, 1.54) is 51.5 Å². The van der Waals surface area contributed by atoms with Gasteiger partial charge in [-0.25, -0.2) is 0 Å². The summed E-state index contributed by atoms with van der Waals surface area (Å²) in [4.78, 5) is 0. The van der Waals surface area contributed by atoms with Crippen LogP contribution < -0.4 is 5.32 Å². The second-order valence-electron chi connectivity index (χ2n) is 5.72. The highest BCUT2D eigenvalue weighted by Crippen LogP contribution is 2.40. The molecule has 1 N–H and O–H groups in total. The van der Waals surface area contributed by atoms with Crippen LogP contribution in [0.25, 0.3) is 0 Å². The van der Waals surface area contributed by atoms with E-state index in [1.54, 1.807) is 0 Å². The average Bonchev–Trinajstić information content (AvgIpc) is 3.15. The molecule has 0 heterocycles. The Morgan fingerprint density at radius 1 is 1.06 bits per heavy atom. The lowest BCUT2D eigenvalue weighted by Crippen LogP contribution is -2.41. The van der Waals surface area contributed by atoms with E-state index in [0.29, 0.717) is 0 Å². The predicted molar refractivity (Wildman–Crippen MR) is 74.1 cm³/mol. The lowest BCUT2D eigenvalue weighted by atomic mass is 9.82. The van der Waals surface area contributed by atoms with E-state index in [4.69, 9.17) is 0 Å². The normalized spacial score (nSPS) is 26.6. The zero-order chi connectivity index (χ0) is 11.4. The van der Waals surface area contributed by atoms with E-state index >= 15 is 0 Å². The van der Waals surface area contributed by atoms with Gasteiger partial charge in [0.05, 0.1) is 0 Å². The van der Waals surface area contributed by atoms with Crippen LogP contribution in [0.1, 0.15) is 51.9 Å². The minimum atomic E-state index is 0.768. The Balaban J connectivity index is 1.79. The van der Waals surface area contributed by atoms with E-state index in [2.05, 4.69) is 18.5 Å². The maximum atomic E-state index is 3.88. The Bertz CT molecular complexity index is 197. The van der Waals surface area contributed by atoms with Gasteiger partial charge in [0.1, 0.15) is 0 Å². The highest BCUT2D eigenvalue weighted by Gasteiger charge is 2.36. The zero-order valence-corrected chi connectivity index (χ0v) is 11.7. The van der Waals surface area contributed by atoms with Gasteiger partial charge in [0, 0.05) is 17.8 Å². The van der Waals surface area contributed by atoms with Crippen LogP contribution in [0.2, 0.25) is 0 Å². The monoisotopic (exact) mass is 241 g/mol. The summed E-state index contributed by atoms with van der Waals surface area (Å²) in [7, 11) is 0. The second kappa shape index (κ2) is 6.30. The van der Waals surface area contributed by atoms with Crippen LogP contribution in [0.3, 0.4) is 0 Å². The Kier molecular flexibility index (Phi) is 5.02. The minimum Gasteiger partial charge on any atom is -0.312 e. The van der Waals surface area contributed by atoms with Crippen LogP contribution >= 0.6 is 11.8 Å². The number of rotatable bonds is 6. The van der Waals surface area contributed by atoms with E-state index in [-0.39, 0.29) is 0 Å². The molecule has 94 valence electrons. The molecule has 0 spiro atoms. The van der Waals surface area contributed by atoms with Crippen molar-refractivity contribution in [3.63, 3.8) is 0 Å². The molecule has 2 heteroatoms. The van der Waals surface area contributed by atoms with Crippen molar-refractivity contribution >= 4 is 11.8 Å². The first-order valence-corrected chi connectivity index (χ1v) is 8.36. The number of thioether (sulfide) groups is 1. The largest absolute Gasteiger partial charge is 0.312 e. The first-order chi connectivity index (χ1) is 7.81. The van der Waals surface area contributed by atoms with Gasteiger partial charge in [-0.2, -0.15) is 11.8 Å². The zero-order valence-electron chi connectivity index (χ0n) is 10.9. The van der Waals surface area contributed by atoms with Crippen molar-refractivity contribution in [3.8, 4) is 0 Å². The Labute approximate surface area is 105 Å². The molecule has 2 rings (SSSR count). The van der Waals surface area contributed by atoms with Crippen molar-refractivity contribution in [1.82, 2.24) is 5.32 Å². The third kappa shape index (κ3) is 3.66. The lowest BCUT2D eigenvalue weighted by molar-refractivity contribution is 0.248. The minimum absolute atomic E-state index is 0.768. The van der Waals surface area contributed by atoms with Crippen molar-refractivity contribution in [3.05, 3.63) is 0 Å². The van der Waals surface area contributed by atoms with Crippen molar-refractivity contribution in [2.45, 2.75) is 63.2 Å². The third-order valence-corrected chi connectivity index (χ3v) is 5.30. The highest BCUT2D eigenvalue weighted by atomic mass is 32.2. The summed E-state index contributed by atoms with van der Waals surface area (Å²) in [5.41, 5.74) is 0. The fraction of sp³-hybridized carbons (Fsp3) is 1.00. The molecule has 0 aromatic rings. The summed E-state index contributed by atoms with van der Waals surface area (Å²) in [6.45, 7) is 3.54. The van der Waals surface area contributed by atoms with Crippen LogP contribution in [0.4, 0.5) is 0 Å². The number of hydrogen-bond acceptors (Lipinski definition) is 2. The first-order valence-electron chi connectivity index (χ1n) is 7.07. The summed E-state index contributed by atoms with van der Waals surface area (Å²) in [5.74, 6) is 2.02. The van der Waals surface area contributed by atoms with Gasteiger partial charge in [-0.1, -0.05) is 26.2 Å². The van der Waals surface area contributed by atoms with Gasteiger partial charge in [0.2, 0.25) is 0 Å². The molecule has 0 aromatic carbocycles. The van der Waals surface area contributed by atoms with E-state index in [1.807, 2.05) is 11.8 Å². The van der Waals surface area contributed by atoms with Gasteiger partial charge in [-0.15, -0.1) is 0 Å². The van der Waals surface area contributed by atoms with Gasteiger partial charge >= 0.3 is 0 Å². The van der Waals surface area contributed by atoms with Gasteiger partial charge in [0.15, 0.2) is 0 Å². The van der Waals surface area contributed by atoms with Crippen LogP contribution in [-0.2, 0) is 0 Å². The molecule has 1 nitrogen and oxygen atoms in total. The third-order valence-electron chi connectivity index (χ3n) is 4.33. The molecule has 2 saturated carbocycles. The molecule has 2 atom stereocenters. The molecule has 0 amide bonds. The summed E-state index contributed by atoms with van der Waals surface area (Å²) >= 11 is 1.98. The van der Waals surface area contributed by atoms with Gasteiger partial charge in [-0.3, -0.25) is 0 Å².